The lowest BCUT2D eigenvalue weighted by atomic mass is 9.81. The van der Waals surface area contributed by atoms with E-state index in [1.807, 2.05) is 67.5 Å². The Labute approximate surface area is 162 Å². The number of aromatic hydroxyl groups is 4. The van der Waals surface area contributed by atoms with Crippen molar-refractivity contribution in [1.82, 2.24) is 0 Å². The number of phenolic OH excluding ortho intramolecular Hbond substituents is 4. The zero-order valence-electron chi connectivity index (χ0n) is 17.7. The van der Waals surface area contributed by atoms with E-state index >= 15 is 0 Å². The minimum absolute atomic E-state index is 0.129. The Bertz CT molecular complexity index is 808. The minimum atomic E-state index is -0.310. The van der Waals surface area contributed by atoms with Crippen LogP contribution in [0.25, 0.3) is 0 Å². The lowest BCUT2D eigenvalue weighted by Gasteiger charge is -2.25. The van der Waals surface area contributed by atoms with Crippen LogP contribution in [0, 0.1) is 13.8 Å². The molecule has 0 atom stereocenters. The third-order valence-electron chi connectivity index (χ3n) is 5.17. The molecule has 2 aromatic rings. The van der Waals surface area contributed by atoms with Crippen molar-refractivity contribution < 1.29 is 20.4 Å². The number of benzene rings is 2. The summed E-state index contributed by atoms with van der Waals surface area (Å²) >= 11 is 0. The van der Waals surface area contributed by atoms with Crippen LogP contribution in [0.15, 0.2) is 12.1 Å². The van der Waals surface area contributed by atoms with Crippen LogP contribution in [0.2, 0.25) is 0 Å². The topological polar surface area (TPSA) is 80.9 Å². The molecule has 0 unspecified atom stereocenters. The molecule has 0 aliphatic carbocycles. The Balaban J connectivity index is 2.62. The highest BCUT2D eigenvalue weighted by Gasteiger charge is 2.27. The van der Waals surface area contributed by atoms with E-state index in [0.29, 0.717) is 22.3 Å². The quantitative estimate of drug-likeness (QED) is 0.538. The molecule has 0 aliphatic heterocycles. The fraction of sp³-hybridized carbons (Fsp3) is 0.478. The second-order valence-corrected chi connectivity index (χ2v) is 9.51. The van der Waals surface area contributed by atoms with Gasteiger partial charge in [0.2, 0.25) is 0 Å². The van der Waals surface area contributed by atoms with E-state index in [2.05, 4.69) is 0 Å². The molecule has 0 bridgehead atoms. The maximum absolute atomic E-state index is 10.6. The van der Waals surface area contributed by atoms with Gasteiger partial charge < -0.3 is 20.4 Å². The molecule has 0 heterocycles. The van der Waals surface area contributed by atoms with Crippen molar-refractivity contribution in [2.24, 2.45) is 0 Å². The Morgan fingerprint density at radius 2 is 0.889 bits per heavy atom. The van der Waals surface area contributed by atoms with Gasteiger partial charge in [-0.3, -0.25) is 0 Å². The second-order valence-electron chi connectivity index (χ2n) is 9.51. The molecule has 4 N–H and O–H groups in total. The van der Waals surface area contributed by atoms with Crippen LogP contribution in [-0.4, -0.2) is 20.4 Å². The summed E-state index contributed by atoms with van der Waals surface area (Å²) in [6.45, 7) is 15.6. The van der Waals surface area contributed by atoms with Gasteiger partial charge in [0.15, 0.2) is 23.0 Å². The summed E-state index contributed by atoms with van der Waals surface area (Å²) < 4.78 is 0. The average Bonchev–Trinajstić information content (AvgIpc) is 2.51. The molecule has 2 aromatic carbocycles. The third kappa shape index (κ3) is 3.85. The van der Waals surface area contributed by atoms with E-state index < -0.39 is 0 Å². The molecule has 0 spiro atoms. The van der Waals surface area contributed by atoms with Gasteiger partial charge in [-0.25, -0.2) is 0 Å². The molecule has 0 aliphatic rings. The monoisotopic (exact) mass is 372 g/mol. The van der Waals surface area contributed by atoms with Crippen LogP contribution in [0.3, 0.4) is 0 Å². The number of hydrogen-bond donors (Lipinski definition) is 4. The maximum Gasteiger partial charge on any atom is 0.161 e. The van der Waals surface area contributed by atoms with Gasteiger partial charge in [-0.2, -0.15) is 0 Å². The first-order valence-corrected chi connectivity index (χ1v) is 9.26. The summed E-state index contributed by atoms with van der Waals surface area (Å²) in [5, 5.41) is 42.2. The first kappa shape index (κ1) is 20.9. The van der Waals surface area contributed by atoms with Gasteiger partial charge in [-0.05, 0) is 35.8 Å². The summed E-state index contributed by atoms with van der Waals surface area (Å²) in [6, 6.07) is 3.75. The number of aryl methyl sites for hydroxylation is 2. The van der Waals surface area contributed by atoms with Gasteiger partial charge in [0, 0.05) is 28.7 Å². The normalized spacial score (nSPS) is 12.4. The Morgan fingerprint density at radius 1 is 0.593 bits per heavy atom. The SMILES string of the molecule is Cc1cc(C(C)(C)C)c(O)c(O)c1Cc1c(C)cc(C(C)(C)C)c(O)c1O. The zero-order chi connectivity index (χ0) is 20.9. The summed E-state index contributed by atoms with van der Waals surface area (Å²) in [6.07, 6.45) is 0.214. The van der Waals surface area contributed by atoms with E-state index in [0.717, 1.165) is 11.1 Å². The van der Waals surface area contributed by atoms with Crippen molar-refractivity contribution in [2.75, 3.05) is 0 Å². The number of hydrogen-bond acceptors (Lipinski definition) is 4. The van der Waals surface area contributed by atoms with Crippen LogP contribution >= 0.6 is 0 Å². The Morgan fingerprint density at radius 3 is 1.15 bits per heavy atom. The van der Waals surface area contributed by atoms with E-state index in [9.17, 15) is 20.4 Å². The van der Waals surface area contributed by atoms with Crippen LogP contribution in [0.1, 0.15) is 74.9 Å². The lowest BCUT2D eigenvalue weighted by molar-refractivity contribution is 0.381. The molecule has 0 saturated heterocycles. The van der Waals surface area contributed by atoms with Gasteiger partial charge in [-0.1, -0.05) is 53.7 Å². The number of phenols is 4. The average molecular weight is 373 g/mol. The van der Waals surface area contributed by atoms with E-state index in [1.54, 1.807) is 0 Å². The van der Waals surface area contributed by atoms with Gasteiger partial charge in [-0.15, -0.1) is 0 Å². The fourth-order valence-corrected chi connectivity index (χ4v) is 3.42. The Hall–Kier alpha value is -2.36. The maximum atomic E-state index is 10.6. The highest BCUT2D eigenvalue weighted by molar-refractivity contribution is 5.61. The first-order chi connectivity index (χ1) is 12.2. The highest BCUT2D eigenvalue weighted by atomic mass is 16.3. The summed E-state index contributed by atoms with van der Waals surface area (Å²) in [7, 11) is 0. The molecule has 0 radical (unpaired) electrons. The highest BCUT2D eigenvalue weighted by Crippen LogP contribution is 2.45. The molecule has 0 aromatic heterocycles. The second kappa shape index (κ2) is 6.66. The molecule has 4 heteroatoms. The molecule has 4 nitrogen and oxygen atoms in total. The van der Waals surface area contributed by atoms with Crippen molar-refractivity contribution in [3.8, 4) is 23.0 Å². The fourth-order valence-electron chi connectivity index (χ4n) is 3.42. The van der Waals surface area contributed by atoms with Crippen molar-refractivity contribution in [3.05, 3.63) is 45.5 Å². The standard InChI is InChI=1S/C23H32O4/c1-12-9-16(22(3,4)5)20(26)18(24)14(12)11-15-13(2)10-17(23(6,7)8)21(27)19(15)25/h9-10,24-27H,11H2,1-8H3. The van der Waals surface area contributed by atoms with Crippen molar-refractivity contribution in [2.45, 2.75) is 72.6 Å². The molecule has 0 amide bonds. The zero-order valence-corrected chi connectivity index (χ0v) is 17.7. The smallest absolute Gasteiger partial charge is 0.161 e. The summed E-state index contributed by atoms with van der Waals surface area (Å²) in [5.41, 5.74) is 3.47. The van der Waals surface area contributed by atoms with Crippen LogP contribution in [0.4, 0.5) is 0 Å². The van der Waals surface area contributed by atoms with Crippen molar-refractivity contribution in [1.29, 1.82) is 0 Å². The van der Waals surface area contributed by atoms with Gasteiger partial charge in [0.25, 0.3) is 0 Å². The van der Waals surface area contributed by atoms with E-state index in [1.165, 1.54) is 0 Å². The van der Waals surface area contributed by atoms with E-state index in [-0.39, 0.29) is 40.2 Å². The minimum Gasteiger partial charge on any atom is -0.504 e. The van der Waals surface area contributed by atoms with Gasteiger partial charge >= 0.3 is 0 Å². The number of rotatable bonds is 2. The predicted molar refractivity (Wildman–Crippen MR) is 109 cm³/mol. The molecule has 148 valence electrons. The largest absolute Gasteiger partial charge is 0.504 e. The molecule has 0 saturated carbocycles. The van der Waals surface area contributed by atoms with Gasteiger partial charge in [0.05, 0.1) is 0 Å². The van der Waals surface area contributed by atoms with Crippen LogP contribution in [-0.2, 0) is 17.3 Å². The van der Waals surface area contributed by atoms with Crippen molar-refractivity contribution in [3.63, 3.8) is 0 Å². The first-order valence-electron chi connectivity index (χ1n) is 9.26. The molecular formula is C23H32O4. The summed E-state index contributed by atoms with van der Waals surface area (Å²) in [5.74, 6) is -0.595. The van der Waals surface area contributed by atoms with Crippen molar-refractivity contribution >= 4 is 0 Å². The van der Waals surface area contributed by atoms with E-state index in [4.69, 9.17) is 0 Å². The third-order valence-corrected chi connectivity index (χ3v) is 5.17. The van der Waals surface area contributed by atoms with Crippen LogP contribution < -0.4 is 0 Å². The molecular weight excluding hydrogens is 340 g/mol. The lowest BCUT2D eigenvalue weighted by Crippen LogP contribution is -2.13. The molecule has 27 heavy (non-hydrogen) atoms. The van der Waals surface area contributed by atoms with Gasteiger partial charge in [0.1, 0.15) is 0 Å². The molecule has 0 fully saturated rings. The molecule has 2 rings (SSSR count). The van der Waals surface area contributed by atoms with Crippen LogP contribution in [0.5, 0.6) is 23.0 Å². The Kier molecular flexibility index (Phi) is 5.17. The predicted octanol–water partition coefficient (Wildman–Crippen LogP) is 5.31. The summed E-state index contributed by atoms with van der Waals surface area (Å²) in [4.78, 5) is 0.